The molecule has 1 heterocycles. The van der Waals surface area contributed by atoms with Gasteiger partial charge in [0, 0.05) is 17.0 Å². The number of ether oxygens (including phenoxy) is 1. The van der Waals surface area contributed by atoms with E-state index in [4.69, 9.17) is 4.74 Å². The van der Waals surface area contributed by atoms with E-state index in [0.717, 1.165) is 16.7 Å². The predicted octanol–water partition coefficient (Wildman–Crippen LogP) is 5.21. The fraction of sp³-hybridized carbons (Fsp3) is 0.346. The monoisotopic (exact) mass is 398 g/mol. The molecule has 5 aliphatic rings. The second-order valence-electron chi connectivity index (χ2n) is 10.3. The molecule has 0 atom stereocenters. The van der Waals surface area contributed by atoms with Crippen molar-refractivity contribution in [2.75, 3.05) is 6.61 Å². The maximum atomic E-state index is 13.7. The Bertz CT molecular complexity index is 1190. The minimum absolute atomic E-state index is 0.171. The molecule has 146 valence electrons. The van der Waals surface area contributed by atoms with Crippen LogP contribution in [-0.2, 0) is 16.8 Å². The lowest BCUT2D eigenvalue weighted by molar-refractivity contribution is 0.0793. The van der Waals surface area contributed by atoms with Crippen LogP contribution in [0.15, 0.2) is 47.6 Å². The highest BCUT2D eigenvalue weighted by molar-refractivity contribution is 6.90. The van der Waals surface area contributed by atoms with Crippen molar-refractivity contribution in [1.29, 1.82) is 0 Å². The van der Waals surface area contributed by atoms with Crippen LogP contribution in [-0.4, -0.2) is 20.5 Å². The molecule has 4 aliphatic carbocycles. The summed E-state index contributed by atoms with van der Waals surface area (Å²) in [6.45, 7) is 12.9. The Labute approximate surface area is 173 Å². The summed E-state index contributed by atoms with van der Waals surface area (Å²) in [5, 5.41) is 1.33. The first-order chi connectivity index (χ1) is 13.7. The Morgan fingerprint density at radius 2 is 1.66 bits per heavy atom. The number of hydrogen-bond donors (Lipinski definition) is 0. The summed E-state index contributed by atoms with van der Waals surface area (Å²) in [6, 6.07) is 8.24. The van der Waals surface area contributed by atoms with Crippen LogP contribution in [0.2, 0.25) is 19.6 Å². The van der Waals surface area contributed by atoms with Crippen LogP contribution in [0.1, 0.15) is 52.4 Å². The van der Waals surface area contributed by atoms with Crippen LogP contribution in [0.3, 0.4) is 0 Å². The van der Waals surface area contributed by atoms with Gasteiger partial charge in [-0.1, -0.05) is 67.2 Å². The topological polar surface area (TPSA) is 26.3 Å². The van der Waals surface area contributed by atoms with Crippen LogP contribution in [0.4, 0.5) is 0 Å². The molecule has 0 unspecified atom stereocenters. The molecule has 0 fully saturated rings. The largest absolute Gasteiger partial charge is 0.375 e. The number of rotatable bonds is 1. The molecule has 1 aliphatic heterocycles. The van der Waals surface area contributed by atoms with Crippen molar-refractivity contribution < 1.29 is 9.53 Å². The van der Waals surface area contributed by atoms with Gasteiger partial charge in [-0.05, 0) is 46.9 Å². The maximum absolute atomic E-state index is 13.7. The summed E-state index contributed by atoms with van der Waals surface area (Å²) < 4.78 is 6.23. The van der Waals surface area contributed by atoms with Crippen molar-refractivity contribution in [3.63, 3.8) is 0 Å². The minimum atomic E-state index is -1.80. The van der Waals surface area contributed by atoms with Crippen molar-refractivity contribution in [3.8, 4) is 11.1 Å². The second-order valence-corrected chi connectivity index (χ2v) is 15.3. The van der Waals surface area contributed by atoms with E-state index in [0.29, 0.717) is 13.2 Å². The molecule has 0 amide bonds. The van der Waals surface area contributed by atoms with Gasteiger partial charge in [0.25, 0.3) is 0 Å². The zero-order valence-electron chi connectivity index (χ0n) is 17.8. The standard InChI is InChI=1S/C26H26O2Si/c1-14-10-26-11-15(2)19(14)21-20-16-8-6-7-9-17(16)24(27)22(20)25(29(3,4)5)18(23(21)26)12-28-13-26/h6-11,19H,12-13H2,1-5H3. The Morgan fingerprint density at radius 3 is 2.31 bits per heavy atom. The number of benzene rings is 2. The molecule has 0 radical (unpaired) electrons. The van der Waals surface area contributed by atoms with Crippen LogP contribution in [0, 0.1) is 0 Å². The molecule has 0 saturated heterocycles. The maximum Gasteiger partial charge on any atom is 0.194 e. The van der Waals surface area contributed by atoms with Gasteiger partial charge in [0.1, 0.15) is 0 Å². The van der Waals surface area contributed by atoms with E-state index in [1.807, 2.05) is 12.1 Å². The van der Waals surface area contributed by atoms with E-state index < -0.39 is 8.07 Å². The second kappa shape index (κ2) is 5.27. The molecule has 2 nitrogen and oxygen atoms in total. The van der Waals surface area contributed by atoms with Gasteiger partial charge >= 0.3 is 0 Å². The highest BCUT2D eigenvalue weighted by atomic mass is 28.3. The molecule has 2 aromatic rings. The van der Waals surface area contributed by atoms with E-state index >= 15 is 0 Å². The number of carbonyl (C=O) groups is 1. The van der Waals surface area contributed by atoms with Crippen molar-refractivity contribution in [3.05, 3.63) is 75.4 Å². The van der Waals surface area contributed by atoms with Crippen molar-refractivity contribution in [2.45, 2.75) is 51.4 Å². The molecule has 0 saturated carbocycles. The molecular weight excluding hydrogens is 372 g/mol. The Hall–Kier alpha value is -2.23. The summed E-state index contributed by atoms with van der Waals surface area (Å²) in [5.41, 5.74) is 11.1. The highest BCUT2D eigenvalue weighted by Gasteiger charge is 2.51. The minimum Gasteiger partial charge on any atom is -0.375 e. The van der Waals surface area contributed by atoms with Gasteiger partial charge in [-0.3, -0.25) is 4.79 Å². The van der Waals surface area contributed by atoms with E-state index in [1.54, 1.807) is 0 Å². The zero-order chi connectivity index (χ0) is 20.3. The normalized spacial score (nSPS) is 26.0. The molecular formula is C26H26O2Si. The van der Waals surface area contributed by atoms with Crippen molar-refractivity contribution in [2.24, 2.45) is 0 Å². The van der Waals surface area contributed by atoms with Gasteiger partial charge in [0.05, 0.1) is 26.7 Å². The molecule has 2 bridgehead atoms. The fourth-order valence-corrected chi connectivity index (χ4v) is 8.70. The van der Waals surface area contributed by atoms with Crippen LogP contribution in [0.5, 0.6) is 0 Å². The van der Waals surface area contributed by atoms with Gasteiger partial charge in [0.2, 0.25) is 0 Å². The Kier molecular flexibility index (Phi) is 3.20. The summed E-state index contributed by atoms with van der Waals surface area (Å²) in [7, 11) is -1.80. The third-order valence-electron chi connectivity index (χ3n) is 7.28. The average molecular weight is 399 g/mol. The highest BCUT2D eigenvalue weighted by Crippen LogP contribution is 2.58. The smallest absolute Gasteiger partial charge is 0.194 e. The Morgan fingerprint density at radius 1 is 1.00 bits per heavy atom. The predicted molar refractivity (Wildman–Crippen MR) is 120 cm³/mol. The van der Waals surface area contributed by atoms with E-state index in [-0.39, 0.29) is 17.1 Å². The van der Waals surface area contributed by atoms with Crippen molar-refractivity contribution in [1.82, 2.24) is 0 Å². The molecule has 0 aromatic heterocycles. The van der Waals surface area contributed by atoms with E-state index in [9.17, 15) is 4.79 Å². The number of ketones is 1. The quantitative estimate of drug-likeness (QED) is 0.415. The fourth-order valence-electron chi connectivity index (χ4n) is 6.61. The Balaban J connectivity index is 1.86. The first kappa shape index (κ1) is 17.6. The molecule has 0 N–H and O–H groups in total. The van der Waals surface area contributed by atoms with Crippen LogP contribution < -0.4 is 5.19 Å². The van der Waals surface area contributed by atoms with E-state index in [2.05, 4.69) is 57.8 Å². The first-order valence-electron chi connectivity index (χ1n) is 10.6. The first-order valence-corrected chi connectivity index (χ1v) is 14.1. The molecule has 2 aromatic carbocycles. The number of hydrogen-bond acceptors (Lipinski definition) is 2. The van der Waals surface area contributed by atoms with Crippen molar-refractivity contribution >= 4 is 19.0 Å². The molecule has 1 spiro atoms. The number of allylic oxidation sites excluding steroid dienone is 2. The third-order valence-corrected chi connectivity index (χ3v) is 9.33. The van der Waals surface area contributed by atoms with Gasteiger partial charge in [0.15, 0.2) is 5.78 Å². The lowest BCUT2D eigenvalue weighted by Crippen LogP contribution is -2.50. The van der Waals surface area contributed by atoms with Crippen LogP contribution >= 0.6 is 0 Å². The van der Waals surface area contributed by atoms with Gasteiger partial charge < -0.3 is 4.74 Å². The lowest BCUT2D eigenvalue weighted by atomic mass is 9.58. The van der Waals surface area contributed by atoms with E-state index in [1.165, 1.54) is 38.6 Å². The third kappa shape index (κ3) is 1.98. The SMILES string of the molecule is CC1=CC23C=C(C)C1c1c4c(c([Si](C)(C)C)c(c12)COC3)C(=O)c1ccccc1-4. The number of fused-ring (bicyclic) bond motifs is 3. The zero-order valence-corrected chi connectivity index (χ0v) is 18.8. The molecule has 29 heavy (non-hydrogen) atoms. The summed E-state index contributed by atoms with van der Waals surface area (Å²) in [5.74, 6) is 0.503. The van der Waals surface area contributed by atoms with Crippen LogP contribution in [0.25, 0.3) is 11.1 Å². The number of carbonyl (C=O) groups excluding carboxylic acids is 1. The molecule has 7 rings (SSSR count). The average Bonchev–Trinajstić information content (AvgIpc) is 2.93. The van der Waals surface area contributed by atoms with Gasteiger partial charge in [-0.15, -0.1) is 0 Å². The molecule has 3 heteroatoms. The summed E-state index contributed by atoms with van der Waals surface area (Å²) in [6.07, 6.45) is 4.89. The van der Waals surface area contributed by atoms with Gasteiger partial charge in [-0.2, -0.15) is 0 Å². The summed E-state index contributed by atoms with van der Waals surface area (Å²) >= 11 is 0. The van der Waals surface area contributed by atoms with Gasteiger partial charge in [-0.25, -0.2) is 0 Å². The lowest BCUT2D eigenvalue weighted by Gasteiger charge is -2.49. The summed E-state index contributed by atoms with van der Waals surface area (Å²) in [4.78, 5) is 13.7.